The van der Waals surface area contributed by atoms with Crippen LogP contribution in [0.1, 0.15) is 17.2 Å². The molecule has 0 bridgehead atoms. The van der Waals surface area contributed by atoms with Gasteiger partial charge in [-0.25, -0.2) is 0 Å². The molecular formula is C15H15NOS. The minimum Gasteiger partial charge on any atom is -0.508 e. The van der Waals surface area contributed by atoms with E-state index in [1.807, 2.05) is 23.9 Å². The van der Waals surface area contributed by atoms with Crippen molar-refractivity contribution in [1.82, 2.24) is 0 Å². The second-order valence-corrected chi connectivity index (χ2v) is 5.49. The van der Waals surface area contributed by atoms with Crippen LogP contribution in [0, 0.1) is 0 Å². The molecule has 0 saturated heterocycles. The summed E-state index contributed by atoms with van der Waals surface area (Å²) in [5.41, 5.74) is 3.75. The van der Waals surface area contributed by atoms with Crippen LogP contribution in [0.2, 0.25) is 0 Å². The van der Waals surface area contributed by atoms with Gasteiger partial charge in [0.25, 0.3) is 0 Å². The summed E-state index contributed by atoms with van der Waals surface area (Å²) in [7, 11) is 0. The van der Waals surface area contributed by atoms with Gasteiger partial charge in [0.05, 0.1) is 6.04 Å². The molecule has 0 spiro atoms. The molecule has 0 aliphatic carbocycles. The number of phenols is 1. The molecule has 92 valence electrons. The zero-order chi connectivity index (χ0) is 12.4. The minimum atomic E-state index is 0.303. The van der Waals surface area contributed by atoms with Crippen molar-refractivity contribution < 1.29 is 5.11 Å². The summed E-state index contributed by atoms with van der Waals surface area (Å²) >= 11 is 1.94. The molecule has 3 rings (SSSR count). The number of fused-ring (bicyclic) bond motifs is 1. The van der Waals surface area contributed by atoms with E-state index in [2.05, 4.69) is 29.6 Å². The third-order valence-corrected chi connectivity index (χ3v) is 4.24. The van der Waals surface area contributed by atoms with Gasteiger partial charge < -0.3 is 10.4 Å². The molecule has 1 atom stereocenters. The summed E-state index contributed by atoms with van der Waals surface area (Å²) in [6.45, 7) is 0. The van der Waals surface area contributed by atoms with Gasteiger partial charge in [0.1, 0.15) is 5.75 Å². The molecule has 3 heteroatoms. The standard InChI is InChI=1S/C15H15NOS/c17-13-6-3-5-12(8-13)16-15-10-18-9-11-4-1-2-7-14(11)15/h1-8,15-17H,9-10H2. The molecule has 0 saturated carbocycles. The first kappa shape index (κ1) is 11.5. The first-order valence-electron chi connectivity index (χ1n) is 6.04. The van der Waals surface area contributed by atoms with E-state index >= 15 is 0 Å². The predicted octanol–water partition coefficient (Wildman–Crippen LogP) is 3.79. The lowest BCUT2D eigenvalue weighted by molar-refractivity contribution is 0.475. The normalized spacial score (nSPS) is 18.1. The fraction of sp³-hybridized carbons (Fsp3) is 0.200. The maximum absolute atomic E-state index is 9.49. The van der Waals surface area contributed by atoms with Crippen molar-refractivity contribution in [2.75, 3.05) is 11.1 Å². The second kappa shape index (κ2) is 4.94. The van der Waals surface area contributed by atoms with E-state index in [1.165, 1.54) is 11.1 Å². The van der Waals surface area contributed by atoms with Crippen molar-refractivity contribution in [3.8, 4) is 5.75 Å². The summed E-state index contributed by atoms with van der Waals surface area (Å²) in [6, 6.07) is 16.2. The van der Waals surface area contributed by atoms with Crippen LogP contribution in [0.5, 0.6) is 5.75 Å². The average molecular weight is 257 g/mol. The van der Waals surface area contributed by atoms with Crippen molar-refractivity contribution in [2.24, 2.45) is 0 Å². The molecule has 2 N–H and O–H groups in total. The van der Waals surface area contributed by atoms with Gasteiger partial charge in [-0.05, 0) is 23.3 Å². The molecule has 1 aliphatic heterocycles. The third-order valence-electron chi connectivity index (χ3n) is 3.16. The molecule has 0 radical (unpaired) electrons. The van der Waals surface area contributed by atoms with E-state index < -0.39 is 0 Å². The average Bonchev–Trinajstić information content (AvgIpc) is 2.39. The highest BCUT2D eigenvalue weighted by Gasteiger charge is 2.19. The molecule has 0 fully saturated rings. The van der Waals surface area contributed by atoms with Crippen LogP contribution in [0.3, 0.4) is 0 Å². The Morgan fingerprint density at radius 2 is 2.00 bits per heavy atom. The van der Waals surface area contributed by atoms with Gasteiger partial charge in [0, 0.05) is 23.3 Å². The molecule has 0 aromatic heterocycles. The Labute approximate surface area is 111 Å². The lowest BCUT2D eigenvalue weighted by atomic mass is 10.0. The zero-order valence-corrected chi connectivity index (χ0v) is 10.8. The van der Waals surface area contributed by atoms with Gasteiger partial charge in [-0.3, -0.25) is 0 Å². The monoisotopic (exact) mass is 257 g/mol. The number of hydrogen-bond acceptors (Lipinski definition) is 3. The SMILES string of the molecule is Oc1cccc(NC2CSCc3ccccc32)c1. The summed E-state index contributed by atoms with van der Waals surface area (Å²) in [4.78, 5) is 0. The molecule has 1 unspecified atom stereocenters. The Bertz CT molecular complexity index is 556. The molecule has 1 aliphatic rings. The Kier molecular flexibility index (Phi) is 3.15. The van der Waals surface area contributed by atoms with Crippen LogP contribution in [-0.4, -0.2) is 10.9 Å². The van der Waals surface area contributed by atoms with Gasteiger partial charge in [-0.1, -0.05) is 30.3 Å². The quantitative estimate of drug-likeness (QED) is 0.858. The number of rotatable bonds is 2. The van der Waals surface area contributed by atoms with E-state index in [4.69, 9.17) is 0 Å². The molecule has 0 amide bonds. The highest BCUT2D eigenvalue weighted by molar-refractivity contribution is 7.98. The minimum absolute atomic E-state index is 0.303. The number of anilines is 1. The van der Waals surface area contributed by atoms with Gasteiger partial charge in [0.15, 0.2) is 0 Å². The number of nitrogens with one attached hydrogen (secondary N) is 1. The predicted molar refractivity (Wildman–Crippen MR) is 77.1 cm³/mol. The maximum Gasteiger partial charge on any atom is 0.117 e. The zero-order valence-electron chi connectivity index (χ0n) is 9.97. The van der Waals surface area contributed by atoms with Crippen LogP contribution in [0.15, 0.2) is 48.5 Å². The van der Waals surface area contributed by atoms with Crippen molar-refractivity contribution in [1.29, 1.82) is 0 Å². The number of phenolic OH excluding ortho intramolecular Hbond substituents is 1. The maximum atomic E-state index is 9.49. The van der Waals surface area contributed by atoms with Crippen molar-refractivity contribution in [3.63, 3.8) is 0 Å². The fourth-order valence-electron chi connectivity index (χ4n) is 2.30. The fourth-order valence-corrected chi connectivity index (χ4v) is 3.40. The first-order valence-corrected chi connectivity index (χ1v) is 7.19. The molecular weight excluding hydrogens is 242 g/mol. The van der Waals surface area contributed by atoms with Gasteiger partial charge >= 0.3 is 0 Å². The van der Waals surface area contributed by atoms with Crippen LogP contribution < -0.4 is 5.32 Å². The van der Waals surface area contributed by atoms with Crippen LogP contribution in [0.25, 0.3) is 0 Å². The van der Waals surface area contributed by atoms with E-state index in [1.54, 1.807) is 12.1 Å². The van der Waals surface area contributed by atoms with Gasteiger partial charge in [-0.15, -0.1) is 0 Å². The van der Waals surface area contributed by atoms with E-state index in [0.29, 0.717) is 11.8 Å². The second-order valence-electron chi connectivity index (χ2n) is 4.46. The van der Waals surface area contributed by atoms with E-state index in [9.17, 15) is 5.11 Å². The number of benzene rings is 2. The van der Waals surface area contributed by atoms with Crippen molar-refractivity contribution in [3.05, 3.63) is 59.7 Å². The highest BCUT2D eigenvalue weighted by Crippen LogP contribution is 2.34. The topological polar surface area (TPSA) is 32.3 Å². The lowest BCUT2D eigenvalue weighted by Crippen LogP contribution is -2.18. The van der Waals surface area contributed by atoms with Crippen molar-refractivity contribution in [2.45, 2.75) is 11.8 Å². The van der Waals surface area contributed by atoms with Crippen molar-refractivity contribution >= 4 is 17.4 Å². The summed E-state index contributed by atoms with van der Waals surface area (Å²) in [5.74, 6) is 2.46. The number of hydrogen-bond donors (Lipinski definition) is 2. The molecule has 2 aromatic carbocycles. The van der Waals surface area contributed by atoms with E-state index in [-0.39, 0.29) is 0 Å². The Morgan fingerprint density at radius 3 is 2.89 bits per heavy atom. The first-order chi connectivity index (χ1) is 8.83. The highest BCUT2D eigenvalue weighted by atomic mass is 32.2. The summed E-state index contributed by atoms with van der Waals surface area (Å²) < 4.78 is 0. The van der Waals surface area contributed by atoms with Crippen LogP contribution in [0.4, 0.5) is 5.69 Å². The number of aromatic hydroxyl groups is 1. The largest absolute Gasteiger partial charge is 0.508 e. The van der Waals surface area contributed by atoms with Gasteiger partial charge in [0.2, 0.25) is 0 Å². The Morgan fingerprint density at radius 1 is 1.11 bits per heavy atom. The van der Waals surface area contributed by atoms with Crippen LogP contribution >= 0.6 is 11.8 Å². The summed E-state index contributed by atoms with van der Waals surface area (Å²) in [6.07, 6.45) is 0. The molecule has 18 heavy (non-hydrogen) atoms. The molecule has 2 nitrogen and oxygen atoms in total. The lowest BCUT2D eigenvalue weighted by Gasteiger charge is -2.26. The number of thioether (sulfide) groups is 1. The molecule has 2 aromatic rings. The van der Waals surface area contributed by atoms with E-state index in [0.717, 1.165) is 17.2 Å². The van der Waals surface area contributed by atoms with Crippen LogP contribution in [-0.2, 0) is 5.75 Å². The Balaban J connectivity index is 1.86. The third kappa shape index (κ3) is 2.31. The smallest absolute Gasteiger partial charge is 0.117 e. The molecule has 1 heterocycles. The Hall–Kier alpha value is -1.61. The van der Waals surface area contributed by atoms with Gasteiger partial charge in [-0.2, -0.15) is 11.8 Å². The summed E-state index contributed by atoms with van der Waals surface area (Å²) in [5, 5.41) is 13.0.